The van der Waals surface area contributed by atoms with E-state index in [1.807, 2.05) is 0 Å². The highest BCUT2D eigenvalue weighted by atomic mass is 32.1. The summed E-state index contributed by atoms with van der Waals surface area (Å²) in [5.74, 6) is 3.92. The predicted octanol–water partition coefficient (Wildman–Crippen LogP) is 2.67. The van der Waals surface area contributed by atoms with Crippen LogP contribution in [0, 0.1) is 26.1 Å². The summed E-state index contributed by atoms with van der Waals surface area (Å²) in [6, 6.07) is 3.06. The number of hydrazine groups is 1. The number of nitrogens with one attached hydrogen (secondary N) is 3. The molecule has 1 rings (SSSR count). The molecule has 1 aromatic rings. The van der Waals surface area contributed by atoms with E-state index in [4.69, 9.17) is 18.1 Å². The maximum atomic E-state index is 13.3. The SMILES string of the molecule is CCCCN(CCCC)CC(C(=O)Nc1ccc([N+](=O)[O-])cc1[N+](=O)[O-])/C(C)=N\NC(=S)NN. The highest BCUT2D eigenvalue weighted by Crippen LogP contribution is 2.29. The third-order valence-electron chi connectivity index (χ3n) is 5.03. The summed E-state index contributed by atoms with van der Waals surface area (Å²) in [6.07, 6.45) is 3.86. The van der Waals surface area contributed by atoms with Gasteiger partial charge in [0.05, 0.1) is 21.8 Å². The zero-order valence-electron chi connectivity index (χ0n) is 19.6. The van der Waals surface area contributed by atoms with Crippen LogP contribution in [0.15, 0.2) is 23.3 Å². The molecule has 0 spiro atoms. The zero-order chi connectivity index (χ0) is 25.7. The number of nitro benzene ring substituents is 2. The largest absolute Gasteiger partial charge is 0.320 e. The van der Waals surface area contributed by atoms with Crippen LogP contribution in [-0.4, -0.2) is 51.1 Å². The van der Waals surface area contributed by atoms with Crippen LogP contribution in [0.1, 0.15) is 46.5 Å². The van der Waals surface area contributed by atoms with Crippen molar-refractivity contribution in [2.75, 3.05) is 25.0 Å². The minimum Gasteiger partial charge on any atom is -0.320 e. The number of nitrogens with two attached hydrogens (primary N) is 1. The van der Waals surface area contributed by atoms with Crippen molar-refractivity contribution in [2.24, 2.45) is 16.9 Å². The highest BCUT2D eigenvalue weighted by Gasteiger charge is 2.28. The van der Waals surface area contributed by atoms with E-state index in [1.54, 1.807) is 6.92 Å². The van der Waals surface area contributed by atoms with Gasteiger partial charge >= 0.3 is 0 Å². The number of non-ortho nitro benzene ring substituents is 1. The normalized spacial score (nSPS) is 12.2. The lowest BCUT2D eigenvalue weighted by Gasteiger charge is -2.27. The Kier molecular flexibility index (Phi) is 12.6. The van der Waals surface area contributed by atoms with Crippen LogP contribution in [-0.2, 0) is 4.79 Å². The Morgan fingerprint density at radius 2 is 1.79 bits per heavy atom. The average molecular weight is 497 g/mol. The lowest BCUT2D eigenvalue weighted by Crippen LogP contribution is -2.42. The van der Waals surface area contributed by atoms with E-state index < -0.39 is 33.0 Å². The fraction of sp³-hybridized carbons (Fsp3) is 0.550. The van der Waals surface area contributed by atoms with E-state index in [0.717, 1.165) is 57.0 Å². The van der Waals surface area contributed by atoms with Gasteiger partial charge in [0, 0.05) is 18.3 Å². The number of unbranched alkanes of at least 4 members (excludes halogenated alkanes) is 2. The Morgan fingerprint density at radius 1 is 1.18 bits per heavy atom. The molecule has 0 aromatic heterocycles. The number of carbonyl (C=O) groups is 1. The topological polar surface area (TPSA) is 181 Å². The fourth-order valence-electron chi connectivity index (χ4n) is 3.08. The molecule has 13 nitrogen and oxygen atoms in total. The highest BCUT2D eigenvalue weighted by molar-refractivity contribution is 7.80. The fourth-order valence-corrected chi connectivity index (χ4v) is 3.13. The summed E-state index contributed by atoms with van der Waals surface area (Å²) in [5, 5.41) is 29.2. The van der Waals surface area contributed by atoms with E-state index in [2.05, 4.69) is 40.0 Å². The minimum atomic E-state index is -0.781. The Hall–Kier alpha value is -3.23. The molecule has 1 unspecified atom stereocenters. The van der Waals surface area contributed by atoms with Crippen LogP contribution in [0.2, 0.25) is 0 Å². The molecule has 0 heterocycles. The van der Waals surface area contributed by atoms with E-state index >= 15 is 0 Å². The number of carbonyl (C=O) groups excluding carboxylic acids is 1. The number of hydrazone groups is 1. The van der Waals surface area contributed by atoms with Crippen molar-refractivity contribution in [3.05, 3.63) is 38.4 Å². The molecular weight excluding hydrogens is 464 g/mol. The van der Waals surface area contributed by atoms with Gasteiger partial charge in [-0.3, -0.25) is 35.9 Å². The molecule has 0 aliphatic heterocycles. The van der Waals surface area contributed by atoms with Crippen LogP contribution in [0.3, 0.4) is 0 Å². The standard InChI is InChI=1S/C20H32N8O5S/c1-4-6-10-26(11-7-5-2)13-16(14(3)24-25-20(34)23-21)19(29)22-17-9-8-15(27(30)31)12-18(17)28(32)33/h8-9,12,16H,4-7,10-11,13,21H2,1-3H3,(H,22,29)(H2,23,25,34)/b24-14-. The Labute approximate surface area is 203 Å². The van der Waals surface area contributed by atoms with Crippen molar-refractivity contribution in [1.82, 2.24) is 15.8 Å². The molecule has 188 valence electrons. The summed E-state index contributed by atoms with van der Waals surface area (Å²) in [7, 11) is 0. The molecular formula is C20H32N8O5S. The molecule has 0 saturated heterocycles. The molecule has 1 amide bonds. The minimum absolute atomic E-state index is 0.0540. The van der Waals surface area contributed by atoms with Crippen molar-refractivity contribution >= 4 is 46.0 Å². The summed E-state index contributed by atoms with van der Waals surface area (Å²) in [4.78, 5) is 36.4. The van der Waals surface area contributed by atoms with Gasteiger partial charge in [-0.1, -0.05) is 26.7 Å². The first-order chi connectivity index (χ1) is 16.1. The number of hydrogen-bond acceptors (Lipinski definition) is 9. The number of thiocarbonyl (C=S) groups is 1. The summed E-state index contributed by atoms with van der Waals surface area (Å²) in [6.45, 7) is 7.67. The van der Waals surface area contributed by atoms with Gasteiger partial charge in [0.2, 0.25) is 11.0 Å². The lowest BCUT2D eigenvalue weighted by atomic mass is 10.0. The molecule has 0 radical (unpaired) electrons. The van der Waals surface area contributed by atoms with Crippen molar-refractivity contribution in [2.45, 2.75) is 46.5 Å². The van der Waals surface area contributed by atoms with Crippen molar-refractivity contribution in [3.8, 4) is 0 Å². The molecule has 0 saturated carbocycles. The first kappa shape index (κ1) is 28.8. The van der Waals surface area contributed by atoms with E-state index in [0.29, 0.717) is 12.3 Å². The smallest absolute Gasteiger partial charge is 0.299 e. The first-order valence-electron chi connectivity index (χ1n) is 10.9. The predicted molar refractivity (Wildman–Crippen MR) is 134 cm³/mol. The molecule has 1 aromatic carbocycles. The Balaban J connectivity index is 3.26. The van der Waals surface area contributed by atoms with Gasteiger partial charge in [-0.15, -0.1) is 0 Å². The molecule has 34 heavy (non-hydrogen) atoms. The zero-order valence-corrected chi connectivity index (χ0v) is 20.4. The molecule has 0 aliphatic rings. The monoisotopic (exact) mass is 496 g/mol. The molecule has 1 atom stereocenters. The summed E-state index contributed by atoms with van der Waals surface area (Å²) in [5.41, 5.74) is 4.00. The van der Waals surface area contributed by atoms with Gasteiger partial charge in [-0.25, -0.2) is 5.84 Å². The van der Waals surface area contributed by atoms with Crippen LogP contribution < -0.4 is 22.0 Å². The molecule has 0 fully saturated rings. The third-order valence-corrected chi connectivity index (χ3v) is 5.24. The Morgan fingerprint density at radius 3 is 2.29 bits per heavy atom. The molecule has 0 aliphatic carbocycles. The van der Waals surface area contributed by atoms with Gasteiger partial charge in [0.25, 0.3) is 11.4 Å². The summed E-state index contributed by atoms with van der Waals surface area (Å²) < 4.78 is 0. The second-order valence-electron chi connectivity index (χ2n) is 7.60. The quantitative estimate of drug-likeness (QED) is 0.0982. The molecule has 14 heteroatoms. The van der Waals surface area contributed by atoms with Crippen molar-refractivity contribution in [3.63, 3.8) is 0 Å². The number of amides is 1. The van der Waals surface area contributed by atoms with Gasteiger partial charge in [0.15, 0.2) is 0 Å². The third kappa shape index (κ3) is 9.33. The van der Waals surface area contributed by atoms with Crippen LogP contribution in [0.4, 0.5) is 17.1 Å². The van der Waals surface area contributed by atoms with Crippen LogP contribution in [0.25, 0.3) is 0 Å². The van der Waals surface area contributed by atoms with Gasteiger partial charge in [-0.2, -0.15) is 5.10 Å². The van der Waals surface area contributed by atoms with Crippen molar-refractivity contribution < 1.29 is 14.6 Å². The Bertz CT molecular complexity index is 903. The van der Waals surface area contributed by atoms with Gasteiger partial charge < -0.3 is 10.2 Å². The maximum absolute atomic E-state index is 13.3. The van der Waals surface area contributed by atoms with E-state index in [9.17, 15) is 25.0 Å². The van der Waals surface area contributed by atoms with E-state index in [1.165, 1.54) is 0 Å². The van der Waals surface area contributed by atoms with Crippen LogP contribution >= 0.6 is 12.2 Å². The van der Waals surface area contributed by atoms with Crippen LogP contribution in [0.5, 0.6) is 0 Å². The number of rotatable bonds is 14. The second kappa shape index (κ2) is 14.8. The number of anilines is 1. The molecule has 5 N–H and O–H groups in total. The van der Waals surface area contributed by atoms with Gasteiger partial charge in [-0.05, 0) is 51.1 Å². The average Bonchev–Trinajstić information content (AvgIpc) is 2.81. The maximum Gasteiger partial charge on any atom is 0.299 e. The van der Waals surface area contributed by atoms with Crippen molar-refractivity contribution in [1.29, 1.82) is 0 Å². The first-order valence-corrected chi connectivity index (χ1v) is 11.3. The van der Waals surface area contributed by atoms with Gasteiger partial charge in [0.1, 0.15) is 5.69 Å². The number of benzene rings is 1. The number of nitro groups is 2. The summed E-state index contributed by atoms with van der Waals surface area (Å²) >= 11 is 4.92. The molecule has 0 bridgehead atoms. The number of nitrogens with zero attached hydrogens (tertiary/aromatic N) is 4. The van der Waals surface area contributed by atoms with E-state index in [-0.39, 0.29) is 10.8 Å². The lowest BCUT2D eigenvalue weighted by molar-refractivity contribution is -0.393. The second-order valence-corrected chi connectivity index (χ2v) is 8.01. The number of hydrogen-bond donors (Lipinski definition) is 4.